The molecule has 0 aliphatic rings. The van der Waals surface area contributed by atoms with Crippen molar-refractivity contribution in [1.82, 2.24) is 9.78 Å². The van der Waals surface area contributed by atoms with Crippen LogP contribution in [-0.4, -0.2) is 19.8 Å². The summed E-state index contributed by atoms with van der Waals surface area (Å²) in [5.41, 5.74) is 2.21. The highest BCUT2D eigenvalue weighted by Gasteiger charge is 2.11. The minimum Gasteiger partial charge on any atom is -0.386 e. The number of hydrogen-bond donors (Lipinski definition) is 1. The van der Waals surface area contributed by atoms with Crippen LogP contribution in [0.3, 0.4) is 0 Å². The molecule has 0 aliphatic carbocycles. The normalized spacial score (nSPS) is 12.1. The van der Waals surface area contributed by atoms with Crippen molar-refractivity contribution in [2.75, 3.05) is 0 Å². The van der Waals surface area contributed by atoms with Crippen LogP contribution in [0.25, 0.3) is 11.1 Å². The van der Waals surface area contributed by atoms with Crippen LogP contribution < -0.4 is 0 Å². The number of aromatic nitrogens is 2. The molecule has 3 aromatic rings. The van der Waals surface area contributed by atoms with Crippen molar-refractivity contribution in [1.29, 1.82) is 0 Å². The van der Waals surface area contributed by atoms with E-state index in [0.717, 1.165) is 11.1 Å². The van der Waals surface area contributed by atoms with E-state index in [1.807, 2.05) is 0 Å². The minimum atomic E-state index is -0.810. The van der Waals surface area contributed by atoms with Crippen LogP contribution in [0.2, 0.25) is 0 Å². The van der Waals surface area contributed by atoms with E-state index in [-0.39, 0.29) is 18.0 Å². The van der Waals surface area contributed by atoms with E-state index in [4.69, 9.17) is 0 Å². The molecule has 0 saturated heterocycles. The number of halogens is 1. The molecule has 1 N–H and O–H groups in total. The first-order valence-electron chi connectivity index (χ1n) is 7.24. The lowest BCUT2D eigenvalue weighted by atomic mass is 10.1. The second-order valence-corrected chi connectivity index (χ2v) is 5.32. The number of benzene rings is 2. The van der Waals surface area contributed by atoms with E-state index < -0.39 is 11.0 Å². The summed E-state index contributed by atoms with van der Waals surface area (Å²) in [6, 6.07) is 11.8. The highest BCUT2D eigenvalue weighted by molar-refractivity contribution is 5.63. The molecule has 0 spiro atoms. The molecule has 0 saturated carbocycles. The quantitative estimate of drug-likeness (QED) is 0.576. The van der Waals surface area contributed by atoms with E-state index in [1.165, 1.54) is 36.4 Å². The van der Waals surface area contributed by atoms with Gasteiger partial charge in [-0.15, -0.1) is 0 Å². The summed E-state index contributed by atoms with van der Waals surface area (Å²) < 4.78 is 14.5. The first-order chi connectivity index (χ1) is 11.5. The van der Waals surface area contributed by atoms with Gasteiger partial charge >= 0.3 is 0 Å². The Labute approximate surface area is 136 Å². The van der Waals surface area contributed by atoms with Crippen molar-refractivity contribution in [2.24, 2.45) is 0 Å². The van der Waals surface area contributed by atoms with Crippen LogP contribution in [0.15, 0.2) is 60.9 Å². The fourth-order valence-electron chi connectivity index (χ4n) is 2.36. The van der Waals surface area contributed by atoms with Crippen molar-refractivity contribution >= 4 is 5.69 Å². The molecule has 3 rings (SSSR count). The highest BCUT2D eigenvalue weighted by atomic mass is 19.1. The third kappa shape index (κ3) is 3.47. The SMILES string of the molecule is O=[N+]([O-])c1ccc(-c2cnn(CC(O)c3ccc(F)cc3)c2)cc1. The zero-order valence-electron chi connectivity index (χ0n) is 12.5. The first kappa shape index (κ1) is 15.8. The lowest BCUT2D eigenvalue weighted by molar-refractivity contribution is -0.384. The topological polar surface area (TPSA) is 81.2 Å². The number of hydrogen-bond acceptors (Lipinski definition) is 4. The van der Waals surface area contributed by atoms with Gasteiger partial charge in [0.25, 0.3) is 5.69 Å². The fraction of sp³-hybridized carbons (Fsp3) is 0.118. The van der Waals surface area contributed by atoms with Crippen LogP contribution in [0.4, 0.5) is 10.1 Å². The average molecular weight is 327 g/mol. The summed E-state index contributed by atoms with van der Waals surface area (Å²) >= 11 is 0. The summed E-state index contributed by atoms with van der Waals surface area (Å²) in [6.45, 7) is 0.221. The van der Waals surface area contributed by atoms with Gasteiger partial charge in [0.1, 0.15) is 5.82 Å². The maximum atomic E-state index is 12.9. The van der Waals surface area contributed by atoms with Crippen molar-refractivity contribution in [2.45, 2.75) is 12.6 Å². The Kier molecular flexibility index (Phi) is 4.35. The van der Waals surface area contributed by atoms with Gasteiger partial charge in [-0.05, 0) is 35.4 Å². The maximum absolute atomic E-state index is 12.9. The van der Waals surface area contributed by atoms with Crippen molar-refractivity contribution in [3.63, 3.8) is 0 Å². The Bertz CT molecular complexity index is 844. The molecule has 1 atom stereocenters. The lowest BCUT2D eigenvalue weighted by Crippen LogP contribution is -2.09. The average Bonchev–Trinajstić information content (AvgIpc) is 3.04. The van der Waals surface area contributed by atoms with Crippen molar-refractivity contribution < 1.29 is 14.4 Å². The van der Waals surface area contributed by atoms with Gasteiger partial charge < -0.3 is 5.11 Å². The van der Waals surface area contributed by atoms with Crippen LogP contribution >= 0.6 is 0 Å². The first-order valence-corrected chi connectivity index (χ1v) is 7.24. The number of nitro groups is 1. The predicted octanol–water partition coefficient (Wildman–Crippen LogP) is 3.33. The Morgan fingerprint density at radius 3 is 2.42 bits per heavy atom. The molecule has 0 fully saturated rings. The molecule has 0 amide bonds. The Morgan fingerprint density at radius 2 is 1.79 bits per heavy atom. The summed E-state index contributed by atoms with van der Waals surface area (Å²) in [6.07, 6.45) is 2.56. The summed E-state index contributed by atoms with van der Waals surface area (Å²) in [5, 5.41) is 25.0. The number of nitrogens with zero attached hydrogens (tertiary/aromatic N) is 3. The second kappa shape index (κ2) is 6.59. The molecule has 0 aliphatic heterocycles. The summed E-state index contributed by atoms with van der Waals surface area (Å²) in [4.78, 5) is 10.2. The van der Waals surface area contributed by atoms with Gasteiger partial charge in [0, 0.05) is 23.9 Å². The van der Waals surface area contributed by atoms with Gasteiger partial charge in [-0.1, -0.05) is 12.1 Å². The number of nitro benzene ring substituents is 1. The van der Waals surface area contributed by atoms with Crippen LogP contribution in [-0.2, 0) is 6.54 Å². The van der Waals surface area contributed by atoms with Crippen molar-refractivity contribution in [3.8, 4) is 11.1 Å². The largest absolute Gasteiger partial charge is 0.386 e. The molecule has 1 heterocycles. The van der Waals surface area contributed by atoms with Crippen molar-refractivity contribution in [3.05, 3.63) is 82.4 Å². The van der Waals surface area contributed by atoms with Crippen LogP contribution in [0.5, 0.6) is 0 Å². The highest BCUT2D eigenvalue weighted by Crippen LogP contribution is 2.23. The number of non-ortho nitro benzene ring substituents is 1. The van der Waals surface area contributed by atoms with Crippen LogP contribution in [0, 0.1) is 15.9 Å². The molecule has 2 aromatic carbocycles. The Hall–Kier alpha value is -3.06. The van der Waals surface area contributed by atoms with Gasteiger partial charge in [-0.2, -0.15) is 5.10 Å². The fourth-order valence-corrected chi connectivity index (χ4v) is 2.36. The number of aliphatic hydroxyl groups excluding tert-OH is 1. The van der Waals surface area contributed by atoms with E-state index in [2.05, 4.69) is 5.10 Å². The molecule has 7 heteroatoms. The van der Waals surface area contributed by atoms with Crippen LogP contribution in [0.1, 0.15) is 11.7 Å². The molecule has 0 bridgehead atoms. The van der Waals surface area contributed by atoms with E-state index >= 15 is 0 Å². The Balaban J connectivity index is 1.73. The standard InChI is InChI=1S/C17H14FN3O3/c18-15-5-1-13(2-6-15)17(22)11-20-10-14(9-19-20)12-3-7-16(8-4-12)21(23)24/h1-10,17,22H,11H2. The molecular weight excluding hydrogens is 313 g/mol. The van der Waals surface area contributed by atoms with E-state index in [9.17, 15) is 19.6 Å². The Morgan fingerprint density at radius 1 is 1.12 bits per heavy atom. The number of rotatable bonds is 5. The van der Waals surface area contributed by atoms with E-state index in [1.54, 1.807) is 29.2 Å². The third-order valence-electron chi connectivity index (χ3n) is 3.66. The third-order valence-corrected chi connectivity index (χ3v) is 3.66. The zero-order chi connectivity index (χ0) is 17.1. The summed E-state index contributed by atoms with van der Waals surface area (Å²) in [5.74, 6) is -0.356. The van der Waals surface area contributed by atoms with Gasteiger partial charge in [-0.25, -0.2) is 4.39 Å². The number of aliphatic hydroxyl groups is 1. The van der Waals surface area contributed by atoms with Gasteiger partial charge in [-0.3, -0.25) is 14.8 Å². The van der Waals surface area contributed by atoms with E-state index in [0.29, 0.717) is 5.56 Å². The minimum absolute atomic E-state index is 0.0258. The monoisotopic (exact) mass is 327 g/mol. The molecule has 1 unspecified atom stereocenters. The lowest BCUT2D eigenvalue weighted by Gasteiger charge is -2.10. The molecule has 1 aromatic heterocycles. The van der Waals surface area contributed by atoms with Gasteiger partial charge in [0.2, 0.25) is 0 Å². The van der Waals surface area contributed by atoms with Gasteiger partial charge in [0.15, 0.2) is 0 Å². The molecular formula is C17H14FN3O3. The summed E-state index contributed by atoms with van der Waals surface area (Å²) in [7, 11) is 0. The molecule has 0 radical (unpaired) electrons. The predicted molar refractivity (Wildman–Crippen MR) is 85.7 cm³/mol. The van der Waals surface area contributed by atoms with Gasteiger partial charge in [0.05, 0.1) is 23.8 Å². The second-order valence-electron chi connectivity index (χ2n) is 5.32. The molecule has 6 nitrogen and oxygen atoms in total. The molecule has 24 heavy (non-hydrogen) atoms. The smallest absolute Gasteiger partial charge is 0.269 e. The maximum Gasteiger partial charge on any atom is 0.269 e. The molecule has 122 valence electrons. The zero-order valence-corrected chi connectivity index (χ0v) is 12.5.